The zero-order valence-corrected chi connectivity index (χ0v) is 8.62. The fourth-order valence-electron chi connectivity index (χ4n) is 0.954. The predicted octanol–water partition coefficient (Wildman–Crippen LogP) is 3.01. The molecule has 0 aliphatic carbocycles. The minimum Gasteiger partial charge on any atom is -0.493 e. The van der Waals surface area contributed by atoms with Crippen molar-refractivity contribution in [1.29, 1.82) is 0 Å². The van der Waals surface area contributed by atoms with E-state index in [9.17, 15) is 0 Å². The van der Waals surface area contributed by atoms with E-state index in [0.717, 1.165) is 11.4 Å². The van der Waals surface area contributed by atoms with Crippen molar-refractivity contribution in [2.75, 3.05) is 7.11 Å². The van der Waals surface area contributed by atoms with Gasteiger partial charge in [-0.1, -0.05) is 23.2 Å². The van der Waals surface area contributed by atoms with E-state index in [4.69, 9.17) is 27.9 Å². The Morgan fingerprint density at radius 2 is 1.50 bits per heavy atom. The van der Waals surface area contributed by atoms with Crippen LogP contribution in [0.2, 0.25) is 10.0 Å². The molecule has 0 unspecified atom stereocenters. The summed E-state index contributed by atoms with van der Waals surface area (Å²) in [4.78, 5) is 4.14. The van der Waals surface area contributed by atoms with E-state index in [1.54, 1.807) is 0 Å². The molecule has 12 heavy (non-hydrogen) atoms. The fraction of sp³-hybridized carbons (Fsp3) is 0.375. The molecule has 2 nitrogen and oxygen atoms in total. The van der Waals surface area contributed by atoms with E-state index in [2.05, 4.69) is 4.98 Å². The van der Waals surface area contributed by atoms with E-state index in [1.165, 1.54) is 7.11 Å². The maximum absolute atomic E-state index is 5.90. The number of pyridine rings is 1. The largest absolute Gasteiger partial charge is 0.493 e. The third-order valence-corrected chi connectivity index (χ3v) is 2.46. The molecule has 1 aromatic heterocycles. The number of methoxy groups -OCH3 is 1. The Kier molecular flexibility index (Phi) is 2.80. The van der Waals surface area contributed by atoms with E-state index in [1.807, 2.05) is 13.8 Å². The van der Waals surface area contributed by atoms with Gasteiger partial charge in [0.1, 0.15) is 10.0 Å². The van der Waals surface area contributed by atoms with Crippen LogP contribution in [0.4, 0.5) is 0 Å². The zero-order chi connectivity index (χ0) is 9.30. The summed E-state index contributed by atoms with van der Waals surface area (Å²) in [6.45, 7) is 3.63. The summed E-state index contributed by atoms with van der Waals surface area (Å²) < 4.78 is 5.03. The zero-order valence-electron chi connectivity index (χ0n) is 7.11. The quantitative estimate of drug-likeness (QED) is 0.704. The van der Waals surface area contributed by atoms with Gasteiger partial charge in [-0.15, -0.1) is 0 Å². The van der Waals surface area contributed by atoms with Gasteiger partial charge in [-0.05, 0) is 13.8 Å². The van der Waals surface area contributed by atoms with Crippen molar-refractivity contribution in [3.05, 3.63) is 21.4 Å². The molecule has 0 saturated heterocycles. The van der Waals surface area contributed by atoms with E-state index < -0.39 is 0 Å². The number of hydrogen-bond donors (Lipinski definition) is 0. The summed E-state index contributed by atoms with van der Waals surface area (Å²) in [5.74, 6) is 0.503. The molecular formula is C8H9Cl2NO. The second kappa shape index (κ2) is 3.50. The van der Waals surface area contributed by atoms with Crippen LogP contribution in [0.15, 0.2) is 0 Å². The van der Waals surface area contributed by atoms with Crippen LogP contribution in [-0.2, 0) is 0 Å². The second-order valence-electron chi connectivity index (χ2n) is 2.44. The van der Waals surface area contributed by atoms with Gasteiger partial charge in [0.05, 0.1) is 18.5 Å². The molecule has 66 valence electrons. The fourth-order valence-corrected chi connectivity index (χ4v) is 1.43. The molecule has 0 aromatic carbocycles. The molecule has 0 bridgehead atoms. The van der Waals surface area contributed by atoms with Gasteiger partial charge >= 0.3 is 0 Å². The first-order valence-corrected chi connectivity index (χ1v) is 4.19. The van der Waals surface area contributed by atoms with Crippen molar-refractivity contribution >= 4 is 23.2 Å². The molecule has 0 radical (unpaired) electrons. The molecule has 0 N–H and O–H groups in total. The predicted molar refractivity (Wildman–Crippen MR) is 50.3 cm³/mol. The minimum absolute atomic E-state index is 0.480. The van der Waals surface area contributed by atoms with Crippen LogP contribution >= 0.6 is 23.2 Å². The third kappa shape index (κ3) is 1.50. The highest BCUT2D eigenvalue weighted by Crippen LogP contribution is 2.35. The monoisotopic (exact) mass is 205 g/mol. The van der Waals surface area contributed by atoms with Crippen molar-refractivity contribution in [2.45, 2.75) is 13.8 Å². The van der Waals surface area contributed by atoms with E-state index in [0.29, 0.717) is 15.8 Å². The van der Waals surface area contributed by atoms with Crippen LogP contribution in [0.25, 0.3) is 0 Å². The number of rotatable bonds is 1. The highest BCUT2D eigenvalue weighted by atomic mass is 35.5. The lowest BCUT2D eigenvalue weighted by molar-refractivity contribution is 0.414. The van der Waals surface area contributed by atoms with Gasteiger partial charge in [0.15, 0.2) is 5.75 Å². The summed E-state index contributed by atoms with van der Waals surface area (Å²) >= 11 is 11.8. The summed E-state index contributed by atoms with van der Waals surface area (Å²) in [6, 6.07) is 0. The molecule has 0 spiro atoms. The molecule has 1 heterocycles. The first-order chi connectivity index (χ1) is 5.57. The SMILES string of the molecule is COc1c(Cl)c(C)nc(C)c1Cl. The number of aryl methyl sites for hydroxylation is 2. The molecule has 4 heteroatoms. The topological polar surface area (TPSA) is 22.1 Å². The van der Waals surface area contributed by atoms with Gasteiger partial charge in [-0.25, -0.2) is 0 Å². The van der Waals surface area contributed by atoms with Crippen molar-refractivity contribution in [3.8, 4) is 5.75 Å². The minimum atomic E-state index is 0.480. The smallest absolute Gasteiger partial charge is 0.159 e. The van der Waals surface area contributed by atoms with Crippen LogP contribution in [0.3, 0.4) is 0 Å². The average Bonchev–Trinajstić information content (AvgIpc) is 2.02. The van der Waals surface area contributed by atoms with Gasteiger partial charge < -0.3 is 4.74 Å². The number of nitrogens with zero attached hydrogens (tertiary/aromatic N) is 1. The Morgan fingerprint density at radius 3 is 1.83 bits per heavy atom. The molecule has 0 atom stereocenters. The molecule has 0 amide bonds. The van der Waals surface area contributed by atoms with Crippen LogP contribution < -0.4 is 4.74 Å². The van der Waals surface area contributed by atoms with Crippen molar-refractivity contribution in [1.82, 2.24) is 4.98 Å². The second-order valence-corrected chi connectivity index (χ2v) is 3.20. The van der Waals surface area contributed by atoms with Gasteiger partial charge in [-0.2, -0.15) is 0 Å². The van der Waals surface area contributed by atoms with Crippen LogP contribution in [0, 0.1) is 13.8 Å². The van der Waals surface area contributed by atoms with Crippen LogP contribution in [0.5, 0.6) is 5.75 Å². The van der Waals surface area contributed by atoms with E-state index in [-0.39, 0.29) is 0 Å². The first kappa shape index (κ1) is 9.62. The lowest BCUT2D eigenvalue weighted by Gasteiger charge is -2.08. The molecule has 0 aliphatic rings. The normalized spacial score (nSPS) is 10.1. The first-order valence-electron chi connectivity index (χ1n) is 3.44. The number of hydrogen-bond acceptors (Lipinski definition) is 2. The van der Waals surface area contributed by atoms with Gasteiger partial charge in [-0.3, -0.25) is 4.98 Å². The molecular weight excluding hydrogens is 197 g/mol. The van der Waals surface area contributed by atoms with Crippen LogP contribution in [-0.4, -0.2) is 12.1 Å². The van der Waals surface area contributed by atoms with Gasteiger partial charge in [0.25, 0.3) is 0 Å². The lowest BCUT2D eigenvalue weighted by atomic mass is 10.3. The Bertz CT molecular complexity index is 286. The summed E-state index contributed by atoms with van der Waals surface area (Å²) in [6.07, 6.45) is 0. The number of ether oxygens (including phenoxy) is 1. The van der Waals surface area contributed by atoms with Crippen LogP contribution in [0.1, 0.15) is 11.4 Å². The molecule has 1 rings (SSSR count). The Morgan fingerprint density at radius 1 is 1.08 bits per heavy atom. The lowest BCUT2D eigenvalue weighted by Crippen LogP contribution is -1.94. The number of aromatic nitrogens is 1. The number of halogens is 2. The Balaban J connectivity index is 3.42. The molecule has 0 fully saturated rings. The van der Waals surface area contributed by atoms with Crippen molar-refractivity contribution in [3.63, 3.8) is 0 Å². The Labute approximate surface area is 81.5 Å². The van der Waals surface area contributed by atoms with E-state index >= 15 is 0 Å². The van der Waals surface area contributed by atoms with Crippen molar-refractivity contribution in [2.24, 2.45) is 0 Å². The average molecular weight is 206 g/mol. The Hall–Kier alpha value is -0.470. The third-order valence-electron chi connectivity index (χ3n) is 1.57. The standard InChI is InChI=1S/C8H9Cl2NO/c1-4-6(9)8(12-3)7(10)5(2)11-4/h1-3H3. The van der Waals surface area contributed by atoms with Gasteiger partial charge in [0, 0.05) is 0 Å². The summed E-state index contributed by atoms with van der Waals surface area (Å²) in [5, 5.41) is 0.959. The highest BCUT2D eigenvalue weighted by Gasteiger charge is 2.12. The van der Waals surface area contributed by atoms with Gasteiger partial charge in [0.2, 0.25) is 0 Å². The molecule has 1 aromatic rings. The molecule has 0 saturated carbocycles. The molecule has 0 aliphatic heterocycles. The highest BCUT2D eigenvalue weighted by molar-refractivity contribution is 6.37. The maximum atomic E-state index is 5.90. The summed E-state index contributed by atoms with van der Waals surface area (Å²) in [5.41, 5.74) is 1.46. The summed E-state index contributed by atoms with van der Waals surface area (Å²) in [7, 11) is 1.53. The van der Waals surface area contributed by atoms with Crippen molar-refractivity contribution < 1.29 is 4.74 Å². The maximum Gasteiger partial charge on any atom is 0.159 e.